The average molecular weight is 810 g/mol. The monoisotopic (exact) mass is 809 g/mol. The summed E-state index contributed by atoms with van der Waals surface area (Å²) in [6.45, 7) is 2.26. The van der Waals surface area contributed by atoms with E-state index in [9.17, 15) is 43.5 Å². The molecule has 314 valence electrons. The number of carbonyl (C=O) groups excluding carboxylic acids is 8. The summed E-state index contributed by atoms with van der Waals surface area (Å²) >= 11 is 0. The van der Waals surface area contributed by atoms with E-state index in [1.807, 2.05) is 12.1 Å². The molecule has 3 rings (SSSR count). The smallest absolute Gasteiger partial charge is 0.426 e. The number of aliphatic hydroxyl groups excluding tert-OH is 1. The number of nitrogens with zero attached hydrogens (tertiary/aromatic N) is 1. The molecule has 20 nitrogen and oxygen atoms in total. The number of hydrogen-bond donors (Lipinski definition) is 11. The van der Waals surface area contributed by atoms with Gasteiger partial charge in [-0.15, -0.1) is 0 Å². The summed E-state index contributed by atoms with van der Waals surface area (Å²) in [6.07, 6.45) is 0.790. The Balaban J connectivity index is 1.48. The number of aliphatic hydroxyl groups is 1. The minimum atomic E-state index is -1.91. The maximum absolute atomic E-state index is 13.1. The lowest BCUT2D eigenvalue weighted by Gasteiger charge is -2.26. The summed E-state index contributed by atoms with van der Waals surface area (Å²) in [5.41, 5.74) is 14.3. The van der Waals surface area contributed by atoms with Crippen LogP contribution in [0.4, 0.5) is 0 Å². The van der Waals surface area contributed by atoms with Gasteiger partial charge in [-0.3, -0.25) is 38.4 Å². The molecule has 2 aromatic carbocycles. The number of nitrogens with one attached hydrogen (secondary N) is 6. The molecular weight excluding hydrogens is 757 g/mol. The lowest BCUT2D eigenvalue weighted by molar-refractivity contribution is -0.140. The molecular formula is C37H52BN9O11. The summed E-state index contributed by atoms with van der Waals surface area (Å²) < 4.78 is 0. The molecule has 1 fully saturated rings. The van der Waals surface area contributed by atoms with Crippen molar-refractivity contribution >= 4 is 54.4 Å². The number of carbonyl (C=O) groups is 8. The third kappa shape index (κ3) is 14.2. The molecule has 0 radical (unpaired) electrons. The summed E-state index contributed by atoms with van der Waals surface area (Å²) in [7, 11) is -1.91. The molecule has 1 aliphatic heterocycles. The minimum Gasteiger partial charge on any atom is -0.426 e. The van der Waals surface area contributed by atoms with Crippen molar-refractivity contribution < 1.29 is 53.5 Å². The van der Waals surface area contributed by atoms with Gasteiger partial charge in [0.2, 0.25) is 35.4 Å². The molecule has 8 amide bonds. The molecule has 0 bridgehead atoms. The van der Waals surface area contributed by atoms with Crippen LogP contribution in [-0.2, 0) is 40.0 Å². The fourth-order valence-corrected chi connectivity index (χ4v) is 5.93. The molecule has 1 saturated heterocycles. The maximum Gasteiger partial charge on any atom is 0.472 e. The molecule has 21 heteroatoms. The van der Waals surface area contributed by atoms with E-state index in [-0.39, 0.29) is 18.5 Å². The molecule has 1 heterocycles. The van der Waals surface area contributed by atoms with Crippen LogP contribution in [0.15, 0.2) is 48.5 Å². The van der Waals surface area contributed by atoms with Crippen molar-refractivity contribution in [1.29, 1.82) is 0 Å². The molecule has 2 aromatic rings. The van der Waals surface area contributed by atoms with Crippen LogP contribution >= 0.6 is 0 Å². The normalized spacial score (nSPS) is 15.5. The zero-order chi connectivity index (χ0) is 42.9. The number of unbranched alkanes of at least 4 members (excludes halogenated alkanes) is 1. The molecule has 0 aromatic heterocycles. The van der Waals surface area contributed by atoms with E-state index in [2.05, 4.69) is 51.0 Å². The van der Waals surface area contributed by atoms with Gasteiger partial charge in [-0.05, 0) is 61.4 Å². The Kier molecular flexibility index (Phi) is 18.2. The molecule has 0 saturated carbocycles. The van der Waals surface area contributed by atoms with Gasteiger partial charge >= 0.3 is 7.12 Å². The van der Waals surface area contributed by atoms with Gasteiger partial charge in [0.15, 0.2) is 6.17 Å². The molecule has 0 aliphatic carbocycles. The van der Waals surface area contributed by atoms with Crippen LogP contribution in [0.5, 0.6) is 0 Å². The topological polar surface area (TPSA) is 325 Å². The number of primary amides is 1. The molecule has 1 aliphatic rings. The second-order valence-electron chi connectivity index (χ2n) is 13.7. The minimum absolute atomic E-state index is 0.130. The molecule has 58 heavy (non-hydrogen) atoms. The Morgan fingerprint density at radius 2 is 1.47 bits per heavy atom. The number of hydrogen-bond acceptors (Lipinski definition) is 12. The largest absolute Gasteiger partial charge is 0.472 e. The molecule has 13 N–H and O–H groups in total. The van der Waals surface area contributed by atoms with Crippen molar-refractivity contribution in [3.63, 3.8) is 0 Å². The summed E-state index contributed by atoms with van der Waals surface area (Å²) in [5, 5.41) is 41.5. The first-order valence-corrected chi connectivity index (χ1v) is 18.8. The number of aryl methyl sites for hydroxylation is 1. The van der Waals surface area contributed by atoms with Gasteiger partial charge in [0.1, 0.15) is 24.2 Å². The van der Waals surface area contributed by atoms with Crippen LogP contribution in [0.2, 0.25) is 0 Å². The van der Waals surface area contributed by atoms with Gasteiger partial charge in [-0.25, -0.2) is 0 Å². The average Bonchev–Trinajstić information content (AvgIpc) is 3.70. The Bertz CT molecular complexity index is 1780. The van der Waals surface area contributed by atoms with Gasteiger partial charge in [-0.1, -0.05) is 49.7 Å². The molecule has 5 atom stereocenters. The number of benzene rings is 2. The number of amides is 8. The van der Waals surface area contributed by atoms with Gasteiger partial charge < -0.3 is 63.4 Å². The predicted molar refractivity (Wildman–Crippen MR) is 209 cm³/mol. The van der Waals surface area contributed by atoms with Crippen LogP contribution in [-0.4, -0.2) is 131 Å². The van der Waals surface area contributed by atoms with Crippen molar-refractivity contribution in [2.24, 2.45) is 11.5 Å². The Morgan fingerprint density at radius 1 is 0.828 bits per heavy atom. The van der Waals surface area contributed by atoms with Gasteiger partial charge in [0.05, 0.1) is 26.0 Å². The first-order chi connectivity index (χ1) is 27.5. The first-order valence-electron chi connectivity index (χ1n) is 18.8. The maximum atomic E-state index is 13.1. The number of rotatable bonds is 21. The van der Waals surface area contributed by atoms with E-state index in [1.54, 1.807) is 24.3 Å². The lowest BCUT2D eigenvalue weighted by Crippen LogP contribution is -2.60. The second-order valence-corrected chi connectivity index (χ2v) is 13.7. The van der Waals surface area contributed by atoms with Crippen molar-refractivity contribution in [3.05, 3.63) is 59.7 Å². The van der Waals surface area contributed by atoms with Crippen molar-refractivity contribution in [2.75, 3.05) is 26.1 Å². The van der Waals surface area contributed by atoms with E-state index < -0.39 is 111 Å². The Hall–Kier alpha value is -5.90. The van der Waals surface area contributed by atoms with E-state index in [1.165, 1.54) is 17.4 Å². The first kappa shape index (κ1) is 46.5. The SMILES string of the molecule is CCCCc1ccc(-c2ccc(C(=O)N[C@H](CO)C(=O)N[C@H](C)C(=O)NCC(=O)N3CCCC3C(=O)N[C@@H](N)C(=O)N[C@@H](CC(N)=O)C(=O)NCB(O)O)cc2)cc1. The predicted octanol–water partition coefficient (Wildman–Crippen LogP) is -3.71. The van der Waals surface area contributed by atoms with Crippen molar-refractivity contribution in [1.82, 2.24) is 36.8 Å². The fraction of sp³-hybridized carbons (Fsp3) is 0.459. The van der Waals surface area contributed by atoms with Gasteiger partial charge in [-0.2, -0.15) is 0 Å². The van der Waals surface area contributed by atoms with Crippen LogP contribution < -0.4 is 43.4 Å². The van der Waals surface area contributed by atoms with Crippen LogP contribution in [0, 0.1) is 0 Å². The molecule has 1 unspecified atom stereocenters. The zero-order valence-electron chi connectivity index (χ0n) is 32.4. The summed E-state index contributed by atoms with van der Waals surface area (Å²) in [6, 6.07) is 9.66. The second kappa shape index (κ2) is 22.7. The highest BCUT2D eigenvalue weighted by Gasteiger charge is 2.36. The number of nitrogens with two attached hydrogens (primary N) is 2. The Labute approximate surface area is 335 Å². The third-order valence-corrected chi connectivity index (χ3v) is 9.18. The van der Waals surface area contributed by atoms with E-state index in [0.29, 0.717) is 6.42 Å². The fourth-order valence-electron chi connectivity index (χ4n) is 5.93. The Morgan fingerprint density at radius 3 is 2.05 bits per heavy atom. The quantitative estimate of drug-likeness (QED) is 0.0429. The van der Waals surface area contributed by atoms with Crippen LogP contribution in [0.3, 0.4) is 0 Å². The lowest BCUT2D eigenvalue weighted by atomic mass is 9.92. The summed E-state index contributed by atoms with van der Waals surface area (Å²) in [4.78, 5) is 102. The zero-order valence-corrected chi connectivity index (χ0v) is 32.4. The standard InChI is InChI=1S/C37H52BN9O11/c1-3-4-6-22-8-10-23(11-9-22)24-12-14-25(15-13-24)33(52)45-27(19-48)35(54)43-21(2)32(51)41-18-30(50)47-16-5-7-28(47)36(55)46-31(40)37(56)44-26(17-29(39)49)34(53)42-20-38(57)58/h8-15,21,26-28,31,48,57-58H,3-7,16-20,40H2,1-2H3,(H2,39,49)(H,41,51)(H,42,53)(H,43,54)(H,44,56)(H,45,52)(H,46,55)/t21-,26+,27-,28?,31-/m1/s1. The highest BCUT2D eigenvalue weighted by molar-refractivity contribution is 6.41. The van der Waals surface area contributed by atoms with E-state index >= 15 is 0 Å². The summed E-state index contributed by atoms with van der Waals surface area (Å²) in [5.74, 6) is -6.77. The van der Waals surface area contributed by atoms with Crippen molar-refractivity contribution in [2.45, 2.75) is 82.7 Å². The van der Waals surface area contributed by atoms with Crippen LogP contribution in [0.25, 0.3) is 11.1 Å². The van der Waals surface area contributed by atoms with Gasteiger partial charge in [0.25, 0.3) is 11.8 Å². The van der Waals surface area contributed by atoms with Gasteiger partial charge in [0, 0.05) is 12.1 Å². The molecule has 0 spiro atoms. The number of likely N-dealkylation sites (tertiary alicyclic amines) is 1. The highest BCUT2D eigenvalue weighted by Crippen LogP contribution is 2.21. The third-order valence-electron chi connectivity index (χ3n) is 9.18. The van der Waals surface area contributed by atoms with E-state index in [4.69, 9.17) is 21.5 Å². The van der Waals surface area contributed by atoms with E-state index in [0.717, 1.165) is 30.4 Å². The highest BCUT2D eigenvalue weighted by atomic mass is 16.4. The van der Waals surface area contributed by atoms with Crippen molar-refractivity contribution in [3.8, 4) is 11.1 Å². The van der Waals surface area contributed by atoms with Crippen LogP contribution in [0.1, 0.15) is 61.9 Å².